The molecule has 0 atom stereocenters. The first-order valence-electron chi connectivity index (χ1n) is 6.30. The molecule has 0 saturated heterocycles. The van der Waals surface area contributed by atoms with Crippen LogP contribution in [0.2, 0.25) is 0 Å². The van der Waals surface area contributed by atoms with Crippen molar-refractivity contribution in [3.05, 3.63) is 41.1 Å². The molecule has 19 heavy (non-hydrogen) atoms. The molecule has 0 spiro atoms. The number of nitrogens with zero attached hydrogens (tertiary/aromatic N) is 2. The maximum absolute atomic E-state index is 10.6. The SMILES string of the molecule is Cc1ccc(-c2c(C)c(CCC(=O)O)nn2C)cc1. The van der Waals surface area contributed by atoms with Crippen LogP contribution in [0.15, 0.2) is 24.3 Å². The first-order valence-corrected chi connectivity index (χ1v) is 6.30. The fraction of sp³-hybridized carbons (Fsp3) is 0.333. The maximum atomic E-state index is 10.6. The van der Waals surface area contributed by atoms with Crippen molar-refractivity contribution in [3.63, 3.8) is 0 Å². The molecule has 1 aromatic heterocycles. The van der Waals surface area contributed by atoms with Gasteiger partial charge in [-0.3, -0.25) is 9.48 Å². The smallest absolute Gasteiger partial charge is 0.303 e. The van der Waals surface area contributed by atoms with Crippen molar-refractivity contribution in [2.75, 3.05) is 0 Å². The van der Waals surface area contributed by atoms with Crippen LogP contribution in [0.5, 0.6) is 0 Å². The van der Waals surface area contributed by atoms with E-state index in [2.05, 4.69) is 36.3 Å². The number of aryl methyl sites for hydroxylation is 3. The maximum Gasteiger partial charge on any atom is 0.303 e. The molecule has 4 nitrogen and oxygen atoms in total. The highest BCUT2D eigenvalue weighted by atomic mass is 16.4. The van der Waals surface area contributed by atoms with E-state index >= 15 is 0 Å². The fourth-order valence-electron chi connectivity index (χ4n) is 2.26. The van der Waals surface area contributed by atoms with Crippen molar-refractivity contribution >= 4 is 5.97 Å². The molecule has 1 N–H and O–H groups in total. The summed E-state index contributed by atoms with van der Waals surface area (Å²) >= 11 is 0. The van der Waals surface area contributed by atoms with Crippen LogP contribution in [-0.4, -0.2) is 20.9 Å². The number of rotatable bonds is 4. The molecule has 1 aromatic carbocycles. The van der Waals surface area contributed by atoms with E-state index in [1.807, 2.05) is 18.7 Å². The Bertz CT molecular complexity index is 597. The number of aliphatic carboxylic acids is 1. The standard InChI is InChI=1S/C15H18N2O2/c1-10-4-6-12(7-5-10)15-11(2)13(16-17(15)3)8-9-14(18)19/h4-7H,8-9H2,1-3H3,(H,18,19). The molecule has 2 aromatic rings. The normalized spacial score (nSPS) is 10.7. The Morgan fingerprint density at radius 1 is 1.26 bits per heavy atom. The Morgan fingerprint density at radius 3 is 2.47 bits per heavy atom. The summed E-state index contributed by atoms with van der Waals surface area (Å²) in [5.41, 5.74) is 5.31. The zero-order valence-corrected chi connectivity index (χ0v) is 11.5. The van der Waals surface area contributed by atoms with Gasteiger partial charge in [-0.2, -0.15) is 5.10 Å². The largest absolute Gasteiger partial charge is 0.481 e. The van der Waals surface area contributed by atoms with E-state index in [4.69, 9.17) is 5.11 Å². The lowest BCUT2D eigenvalue weighted by molar-refractivity contribution is -0.136. The van der Waals surface area contributed by atoms with Gasteiger partial charge in [0, 0.05) is 19.0 Å². The van der Waals surface area contributed by atoms with Crippen LogP contribution in [0.25, 0.3) is 11.3 Å². The first-order chi connectivity index (χ1) is 8.99. The van der Waals surface area contributed by atoms with Crippen molar-refractivity contribution < 1.29 is 9.90 Å². The molecule has 0 saturated carbocycles. The quantitative estimate of drug-likeness (QED) is 0.917. The Balaban J connectivity index is 2.36. The molecule has 100 valence electrons. The minimum absolute atomic E-state index is 0.116. The lowest BCUT2D eigenvalue weighted by Crippen LogP contribution is -1.99. The molecule has 0 radical (unpaired) electrons. The lowest BCUT2D eigenvalue weighted by Gasteiger charge is -2.04. The Labute approximate surface area is 112 Å². The number of carboxylic acids is 1. The summed E-state index contributed by atoms with van der Waals surface area (Å²) in [7, 11) is 1.90. The van der Waals surface area contributed by atoms with Gasteiger partial charge in [0.05, 0.1) is 17.8 Å². The summed E-state index contributed by atoms with van der Waals surface area (Å²) in [6.07, 6.45) is 0.589. The molecule has 0 aliphatic rings. The van der Waals surface area contributed by atoms with E-state index < -0.39 is 5.97 Å². The average molecular weight is 258 g/mol. The summed E-state index contributed by atoms with van der Waals surface area (Å²) in [6.45, 7) is 4.05. The van der Waals surface area contributed by atoms with Crippen LogP contribution in [0.1, 0.15) is 23.2 Å². The lowest BCUT2D eigenvalue weighted by atomic mass is 10.0. The minimum Gasteiger partial charge on any atom is -0.481 e. The molecule has 2 rings (SSSR count). The van der Waals surface area contributed by atoms with Gasteiger partial charge in [0.15, 0.2) is 0 Å². The third-order valence-electron chi connectivity index (χ3n) is 3.28. The molecule has 1 heterocycles. The van der Waals surface area contributed by atoms with Gasteiger partial charge in [0.2, 0.25) is 0 Å². The molecular weight excluding hydrogens is 240 g/mol. The fourth-order valence-corrected chi connectivity index (χ4v) is 2.26. The van der Waals surface area contributed by atoms with Crippen molar-refractivity contribution in [2.45, 2.75) is 26.7 Å². The van der Waals surface area contributed by atoms with E-state index in [1.54, 1.807) is 0 Å². The molecule has 0 aliphatic carbocycles. The van der Waals surface area contributed by atoms with Crippen LogP contribution in [-0.2, 0) is 18.3 Å². The Kier molecular flexibility index (Phi) is 3.69. The molecule has 4 heteroatoms. The molecule has 0 fully saturated rings. The Morgan fingerprint density at radius 2 is 1.89 bits per heavy atom. The summed E-state index contributed by atoms with van der Waals surface area (Å²) in [5, 5.41) is 13.2. The van der Waals surface area contributed by atoms with Crippen molar-refractivity contribution in [3.8, 4) is 11.3 Å². The summed E-state index contributed by atoms with van der Waals surface area (Å²) in [6, 6.07) is 8.28. The number of benzene rings is 1. The second-order valence-corrected chi connectivity index (χ2v) is 4.80. The zero-order valence-electron chi connectivity index (χ0n) is 11.5. The minimum atomic E-state index is -0.790. The highest BCUT2D eigenvalue weighted by Crippen LogP contribution is 2.26. The van der Waals surface area contributed by atoms with Crippen LogP contribution >= 0.6 is 0 Å². The molecule has 0 aliphatic heterocycles. The number of hydrogen-bond donors (Lipinski definition) is 1. The van der Waals surface area contributed by atoms with Gasteiger partial charge in [-0.15, -0.1) is 0 Å². The summed E-state index contributed by atoms with van der Waals surface area (Å²) < 4.78 is 1.83. The van der Waals surface area contributed by atoms with Crippen molar-refractivity contribution in [2.24, 2.45) is 7.05 Å². The van der Waals surface area contributed by atoms with Gasteiger partial charge in [0.25, 0.3) is 0 Å². The molecule has 0 amide bonds. The molecule has 0 unspecified atom stereocenters. The van der Waals surface area contributed by atoms with Crippen LogP contribution in [0.4, 0.5) is 0 Å². The third kappa shape index (κ3) is 2.84. The van der Waals surface area contributed by atoms with Crippen LogP contribution in [0, 0.1) is 13.8 Å². The number of carboxylic acid groups (broad SMARTS) is 1. The van der Waals surface area contributed by atoms with Crippen molar-refractivity contribution in [1.29, 1.82) is 0 Å². The van der Waals surface area contributed by atoms with Crippen molar-refractivity contribution in [1.82, 2.24) is 9.78 Å². The van der Waals surface area contributed by atoms with Gasteiger partial charge in [-0.05, 0) is 19.4 Å². The Hall–Kier alpha value is -2.10. The predicted molar refractivity (Wildman–Crippen MR) is 74.1 cm³/mol. The van der Waals surface area contributed by atoms with E-state index in [0.717, 1.165) is 22.5 Å². The summed E-state index contributed by atoms with van der Waals surface area (Å²) in [5.74, 6) is -0.790. The summed E-state index contributed by atoms with van der Waals surface area (Å²) in [4.78, 5) is 10.6. The highest BCUT2D eigenvalue weighted by molar-refractivity contribution is 5.68. The highest BCUT2D eigenvalue weighted by Gasteiger charge is 2.14. The molecular formula is C15H18N2O2. The topological polar surface area (TPSA) is 55.1 Å². The third-order valence-corrected chi connectivity index (χ3v) is 3.28. The van der Waals surface area contributed by atoms with Gasteiger partial charge in [0.1, 0.15) is 0 Å². The van der Waals surface area contributed by atoms with E-state index in [0.29, 0.717) is 6.42 Å². The van der Waals surface area contributed by atoms with E-state index in [-0.39, 0.29) is 6.42 Å². The van der Waals surface area contributed by atoms with E-state index in [1.165, 1.54) is 5.56 Å². The second kappa shape index (κ2) is 5.26. The van der Waals surface area contributed by atoms with Crippen LogP contribution in [0.3, 0.4) is 0 Å². The van der Waals surface area contributed by atoms with Crippen LogP contribution < -0.4 is 0 Å². The number of carbonyl (C=O) groups is 1. The zero-order chi connectivity index (χ0) is 14.0. The van der Waals surface area contributed by atoms with E-state index in [9.17, 15) is 4.79 Å². The predicted octanol–water partition coefficient (Wildman–Crippen LogP) is 2.72. The van der Waals surface area contributed by atoms with Gasteiger partial charge >= 0.3 is 5.97 Å². The molecule has 0 bridgehead atoms. The van der Waals surface area contributed by atoms with Gasteiger partial charge < -0.3 is 5.11 Å². The monoisotopic (exact) mass is 258 g/mol. The average Bonchev–Trinajstić information content (AvgIpc) is 2.63. The number of hydrogen-bond acceptors (Lipinski definition) is 2. The second-order valence-electron chi connectivity index (χ2n) is 4.80. The van der Waals surface area contributed by atoms with Gasteiger partial charge in [-0.25, -0.2) is 0 Å². The van der Waals surface area contributed by atoms with Gasteiger partial charge in [-0.1, -0.05) is 29.8 Å². The number of aromatic nitrogens is 2. The first kappa shape index (κ1) is 13.3.